The maximum atomic E-state index is 12.1. The molecule has 0 fully saturated rings. The molecule has 2 aromatic rings. The van der Waals surface area contributed by atoms with Gasteiger partial charge in [-0.3, -0.25) is 4.98 Å². The van der Waals surface area contributed by atoms with E-state index in [2.05, 4.69) is 22.3 Å². The number of pyridine rings is 1. The van der Waals surface area contributed by atoms with Crippen LogP contribution in [0.5, 0.6) is 0 Å². The molecular formula is C16H13N3O2S. The van der Waals surface area contributed by atoms with Crippen LogP contribution in [0.2, 0.25) is 0 Å². The molecule has 0 saturated heterocycles. The molecule has 0 amide bonds. The van der Waals surface area contributed by atoms with Gasteiger partial charge in [0.25, 0.3) is 0 Å². The number of hydrogen-bond acceptors (Lipinski definition) is 5. The molecule has 6 heteroatoms. The minimum atomic E-state index is -3.25. The second kappa shape index (κ2) is 5.01. The van der Waals surface area contributed by atoms with Crippen molar-refractivity contribution in [2.45, 2.75) is 24.3 Å². The van der Waals surface area contributed by atoms with Gasteiger partial charge in [-0.15, -0.1) is 6.42 Å². The Kier molecular flexibility index (Phi) is 3.27. The molecule has 0 saturated carbocycles. The lowest BCUT2D eigenvalue weighted by Crippen LogP contribution is -2.14. The zero-order valence-electron chi connectivity index (χ0n) is 11.9. The lowest BCUT2D eigenvalue weighted by Gasteiger charge is -2.15. The summed E-state index contributed by atoms with van der Waals surface area (Å²) in [5.41, 5.74) is 2.29. The van der Waals surface area contributed by atoms with E-state index >= 15 is 0 Å². The zero-order chi connectivity index (χ0) is 15.9. The number of benzene rings is 1. The lowest BCUT2D eigenvalue weighted by atomic mass is 10.0. The highest BCUT2D eigenvalue weighted by Gasteiger charge is 2.29. The van der Waals surface area contributed by atoms with Gasteiger partial charge in [-0.1, -0.05) is 5.92 Å². The van der Waals surface area contributed by atoms with Crippen LogP contribution in [0.25, 0.3) is 10.9 Å². The topological polar surface area (TPSA) is 82.8 Å². The monoisotopic (exact) mass is 311 g/mol. The number of aromatic nitrogens is 1. The molecule has 1 aliphatic rings. The van der Waals surface area contributed by atoms with E-state index in [1.54, 1.807) is 19.1 Å². The fourth-order valence-electron chi connectivity index (χ4n) is 2.72. The normalized spacial score (nSPS) is 16.5. The summed E-state index contributed by atoms with van der Waals surface area (Å²) in [4.78, 5) is 4.59. The summed E-state index contributed by atoms with van der Waals surface area (Å²) >= 11 is 0. The van der Waals surface area contributed by atoms with Gasteiger partial charge in [0.15, 0.2) is 9.84 Å². The van der Waals surface area contributed by atoms with E-state index in [-0.39, 0.29) is 11.8 Å². The van der Waals surface area contributed by atoms with Gasteiger partial charge in [0.2, 0.25) is 0 Å². The summed E-state index contributed by atoms with van der Waals surface area (Å²) < 4.78 is 24.2. The highest BCUT2D eigenvalue weighted by Crippen LogP contribution is 2.37. The van der Waals surface area contributed by atoms with E-state index in [0.717, 1.165) is 0 Å². The number of aryl methyl sites for hydroxylation is 1. The molecule has 1 atom stereocenters. The van der Waals surface area contributed by atoms with Gasteiger partial charge in [0, 0.05) is 11.6 Å². The number of hydrogen-bond donors (Lipinski definition) is 1. The Labute approximate surface area is 128 Å². The number of sulfone groups is 1. The first-order chi connectivity index (χ1) is 10.5. The quantitative estimate of drug-likeness (QED) is 0.856. The van der Waals surface area contributed by atoms with Crippen LogP contribution in [-0.2, 0) is 16.3 Å². The van der Waals surface area contributed by atoms with Gasteiger partial charge < -0.3 is 5.32 Å². The van der Waals surface area contributed by atoms with Crippen molar-refractivity contribution in [1.82, 2.24) is 4.98 Å². The Hall–Kier alpha value is -2.57. The van der Waals surface area contributed by atoms with Crippen molar-refractivity contribution in [3.8, 4) is 18.4 Å². The Morgan fingerprint density at radius 2 is 2.23 bits per heavy atom. The maximum Gasteiger partial charge on any atom is 0.179 e. The van der Waals surface area contributed by atoms with Crippen LogP contribution >= 0.6 is 0 Å². The van der Waals surface area contributed by atoms with Crippen LogP contribution in [0, 0.1) is 23.7 Å². The second-order valence-corrected chi connectivity index (χ2v) is 7.27. The molecule has 0 radical (unpaired) electrons. The van der Waals surface area contributed by atoms with Crippen LogP contribution in [0.1, 0.15) is 18.1 Å². The van der Waals surface area contributed by atoms with Gasteiger partial charge in [0.1, 0.15) is 6.07 Å². The molecule has 5 nitrogen and oxygen atoms in total. The number of nitriles is 1. The van der Waals surface area contributed by atoms with Gasteiger partial charge in [-0.2, -0.15) is 5.26 Å². The minimum Gasteiger partial charge on any atom is -0.370 e. The predicted molar refractivity (Wildman–Crippen MR) is 84.1 cm³/mol. The van der Waals surface area contributed by atoms with Gasteiger partial charge in [-0.25, -0.2) is 8.42 Å². The van der Waals surface area contributed by atoms with Crippen molar-refractivity contribution in [2.24, 2.45) is 0 Å². The maximum absolute atomic E-state index is 12.1. The zero-order valence-corrected chi connectivity index (χ0v) is 12.7. The molecular weight excluding hydrogens is 298 g/mol. The molecule has 0 bridgehead atoms. The molecule has 2 heterocycles. The third-order valence-electron chi connectivity index (χ3n) is 3.79. The first-order valence-electron chi connectivity index (χ1n) is 6.78. The first-order valence-corrected chi connectivity index (χ1v) is 8.43. The molecule has 0 spiro atoms. The summed E-state index contributed by atoms with van der Waals surface area (Å²) in [6.07, 6.45) is 7.30. The summed E-state index contributed by atoms with van der Waals surface area (Å²) in [6, 6.07) is 5.06. The number of fused-ring (bicyclic) bond motifs is 3. The summed E-state index contributed by atoms with van der Waals surface area (Å²) in [5, 5.41) is 13.1. The Balaban J connectivity index is 2.39. The SMILES string of the molecule is C#CC(C)Nc1c(C#N)cnc2ccc3c(c12)CCS3(=O)=O. The molecule has 3 rings (SSSR count). The van der Waals surface area contributed by atoms with Gasteiger partial charge in [-0.05, 0) is 31.0 Å². The number of terminal acetylenes is 1. The Morgan fingerprint density at radius 1 is 1.45 bits per heavy atom. The number of anilines is 1. The predicted octanol–water partition coefficient (Wildman–Crippen LogP) is 1.87. The van der Waals surface area contributed by atoms with Crippen LogP contribution in [0.3, 0.4) is 0 Å². The lowest BCUT2D eigenvalue weighted by molar-refractivity contribution is 0.600. The molecule has 1 aromatic carbocycles. The molecule has 1 aromatic heterocycles. The Morgan fingerprint density at radius 3 is 2.91 bits per heavy atom. The number of nitrogens with zero attached hydrogens (tertiary/aromatic N) is 2. The first kappa shape index (κ1) is 14.4. The summed E-state index contributed by atoms with van der Waals surface area (Å²) in [7, 11) is -3.25. The molecule has 0 aliphatic carbocycles. The average Bonchev–Trinajstić information content (AvgIpc) is 2.82. The van der Waals surface area contributed by atoms with E-state index in [1.807, 2.05) is 0 Å². The smallest absolute Gasteiger partial charge is 0.179 e. The van der Waals surface area contributed by atoms with Crippen molar-refractivity contribution in [1.29, 1.82) is 5.26 Å². The van der Waals surface area contributed by atoms with E-state index in [0.29, 0.717) is 39.0 Å². The van der Waals surface area contributed by atoms with E-state index < -0.39 is 9.84 Å². The molecule has 110 valence electrons. The fraction of sp³-hybridized carbons (Fsp3) is 0.250. The minimum absolute atomic E-state index is 0.0857. The molecule has 1 N–H and O–H groups in total. The van der Waals surface area contributed by atoms with Crippen molar-refractivity contribution in [3.05, 3.63) is 29.5 Å². The molecule has 22 heavy (non-hydrogen) atoms. The fourth-order valence-corrected chi connectivity index (χ4v) is 4.26. The largest absolute Gasteiger partial charge is 0.370 e. The number of nitrogens with one attached hydrogen (secondary N) is 1. The van der Waals surface area contributed by atoms with Crippen LogP contribution in [0.15, 0.2) is 23.2 Å². The van der Waals surface area contributed by atoms with Crippen LogP contribution in [0.4, 0.5) is 5.69 Å². The van der Waals surface area contributed by atoms with E-state index in [1.165, 1.54) is 6.20 Å². The molecule has 1 unspecified atom stereocenters. The van der Waals surface area contributed by atoms with Crippen molar-refractivity contribution < 1.29 is 8.42 Å². The highest BCUT2D eigenvalue weighted by atomic mass is 32.2. The summed E-state index contributed by atoms with van der Waals surface area (Å²) in [5.74, 6) is 2.64. The highest BCUT2D eigenvalue weighted by molar-refractivity contribution is 7.91. The number of rotatable bonds is 2. The molecule has 1 aliphatic heterocycles. The van der Waals surface area contributed by atoms with Crippen molar-refractivity contribution in [2.75, 3.05) is 11.1 Å². The third kappa shape index (κ3) is 2.09. The average molecular weight is 311 g/mol. The Bertz CT molecular complexity index is 966. The van der Waals surface area contributed by atoms with E-state index in [9.17, 15) is 13.7 Å². The van der Waals surface area contributed by atoms with E-state index in [4.69, 9.17) is 6.42 Å². The van der Waals surface area contributed by atoms with Gasteiger partial charge >= 0.3 is 0 Å². The second-order valence-electron chi connectivity index (χ2n) is 5.20. The van der Waals surface area contributed by atoms with Crippen molar-refractivity contribution >= 4 is 26.4 Å². The summed E-state index contributed by atoms with van der Waals surface area (Å²) in [6.45, 7) is 1.80. The third-order valence-corrected chi connectivity index (χ3v) is 5.58. The standard InChI is InChI=1S/C16H13N3O2S/c1-3-10(2)19-16-11(8-17)9-18-13-4-5-14-12(15(13)16)6-7-22(14,20)21/h1,4-5,9-10H,6-7H2,2H3,(H,18,19). The van der Waals surface area contributed by atoms with Gasteiger partial charge in [0.05, 0.1) is 33.5 Å². The van der Waals surface area contributed by atoms with Crippen LogP contribution in [-0.4, -0.2) is 25.2 Å². The van der Waals surface area contributed by atoms with Crippen LogP contribution < -0.4 is 5.32 Å². The van der Waals surface area contributed by atoms with Crippen molar-refractivity contribution in [3.63, 3.8) is 0 Å².